The summed E-state index contributed by atoms with van der Waals surface area (Å²) in [7, 11) is 0. The van der Waals surface area contributed by atoms with E-state index in [1.165, 1.54) is 0 Å². The SMILES string of the molecule is O=C(OC[C@@H](O)[C@H](O)[C@@H](O)CO)c1ccccc1. The molecule has 3 atom stereocenters. The fraction of sp³-hybridized carbons (Fsp3) is 0.417. The molecule has 0 aliphatic carbocycles. The van der Waals surface area contributed by atoms with Gasteiger partial charge in [0, 0.05) is 0 Å². The lowest BCUT2D eigenvalue weighted by Crippen LogP contribution is -2.42. The van der Waals surface area contributed by atoms with Crippen molar-refractivity contribution in [3.8, 4) is 0 Å². The number of esters is 1. The Morgan fingerprint density at radius 1 is 1.11 bits per heavy atom. The molecule has 18 heavy (non-hydrogen) atoms. The number of aliphatic hydroxyl groups is 4. The van der Waals surface area contributed by atoms with E-state index in [9.17, 15) is 15.0 Å². The molecule has 0 unspecified atom stereocenters. The predicted molar refractivity (Wildman–Crippen MR) is 61.8 cm³/mol. The number of ether oxygens (including phenoxy) is 1. The topological polar surface area (TPSA) is 107 Å². The van der Waals surface area contributed by atoms with Gasteiger partial charge < -0.3 is 25.2 Å². The third-order valence-electron chi connectivity index (χ3n) is 2.37. The molecule has 0 spiro atoms. The van der Waals surface area contributed by atoms with Gasteiger partial charge in [0.2, 0.25) is 0 Å². The minimum atomic E-state index is -1.57. The van der Waals surface area contributed by atoms with Gasteiger partial charge in [-0.3, -0.25) is 0 Å². The quantitative estimate of drug-likeness (QED) is 0.482. The molecule has 0 aliphatic rings. The number of aliphatic hydroxyl groups excluding tert-OH is 4. The van der Waals surface area contributed by atoms with Crippen molar-refractivity contribution >= 4 is 5.97 Å². The molecule has 0 saturated heterocycles. The highest BCUT2D eigenvalue weighted by molar-refractivity contribution is 5.89. The number of hydrogen-bond donors (Lipinski definition) is 4. The summed E-state index contributed by atoms with van der Waals surface area (Å²) in [6, 6.07) is 8.17. The van der Waals surface area contributed by atoms with E-state index in [-0.39, 0.29) is 0 Å². The lowest BCUT2D eigenvalue weighted by Gasteiger charge is -2.21. The molecule has 0 amide bonds. The highest BCUT2D eigenvalue weighted by Crippen LogP contribution is 2.04. The fourth-order valence-electron chi connectivity index (χ4n) is 1.28. The third-order valence-corrected chi connectivity index (χ3v) is 2.37. The molecule has 4 N–H and O–H groups in total. The summed E-state index contributed by atoms with van der Waals surface area (Å²) >= 11 is 0. The lowest BCUT2D eigenvalue weighted by atomic mass is 10.1. The average Bonchev–Trinajstić information content (AvgIpc) is 2.43. The molecule has 0 aliphatic heterocycles. The Hall–Kier alpha value is -1.47. The van der Waals surface area contributed by atoms with Crippen LogP contribution in [-0.4, -0.2) is 57.9 Å². The number of hydrogen-bond acceptors (Lipinski definition) is 6. The molecule has 1 rings (SSSR count). The number of carbonyl (C=O) groups excluding carboxylic acids is 1. The standard InChI is InChI=1S/C12H16O6/c13-6-9(14)11(16)10(15)7-18-12(17)8-4-2-1-3-5-8/h1-5,9-11,13-16H,6-7H2/t9-,10+,11+/m0/s1. The number of rotatable bonds is 6. The van der Waals surface area contributed by atoms with E-state index in [1.54, 1.807) is 30.3 Å². The van der Waals surface area contributed by atoms with Gasteiger partial charge in [-0.05, 0) is 12.1 Å². The first-order valence-corrected chi connectivity index (χ1v) is 5.43. The van der Waals surface area contributed by atoms with Crippen molar-refractivity contribution in [3.05, 3.63) is 35.9 Å². The maximum absolute atomic E-state index is 11.5. The maximum Gasteiger partial charge on any atom is 0.338 e. The van der Waals surface area contributed by atoms with E-state index in [4.69, 9.17) is 14.9 Å². The Labute approximate surface area is 104 Å². The second kappa shape index (κ2) is 7.07. The first kappa shape index (κ1) is 14.6. The van der Waals surface area contributed by atoms with Crippen LogP contribution in [0.2, 0.25) is 0 Å². The van der Waals surface area contributed by atoms with E-state index in [2.05, 4.69) is 0 Å². The average molecular weight is 256 g/mol. The largest absolute Gasteiger partial charge is 0.459 e. The monoisotopic (exact) mass is 256 g/mol. The second-order valence-electron chi connectivity index (χ2n) is 3.77. The van der Waals surface area contributed by atoms with Crippen molar-refractivity contribution in [1.82, 2.24) is 0 Å². The van der Waals surface area contributed by atoms with Gasteiger partial charge in [0.1, 0.15) is 24.9 Å². The Kier molecular flexibility index (Phi) is 5.73. The van der Waals surface area contributed by atoms with Crippen molar-refractivity contribution in [2.75, 3.05) is 13.2 Å². The molecular formula is C12H16O6. The van der Waals surface area contributed by atoms with Crippen LogP contribution in [0.4, 0.5) is 0 Å². The number of benzene rings is 1. The van der Waals surface area contributed by atoms with Crippen molar-refractivity contribution < 1.29 is 30.0 Å². The summed E-state index contributed by atoms with van der Waals surface area (Å²) < 4.78 is 4.76. The minimum Gasteiger partial charge on any atom is -0.459 e. The van der Waals surface area contributed by atoms with Gasteiger partial charge in [-0.2, -0.15) is 0 Å². The van der Waals surface area contributed by atoms with Gasteiger partial charge >= 0.3 is 5.97 Å². The summed E-state index contributed by atoms with van der Waals surface area (Å²) in [6.45, 7) is -1.16. The summed E-state index contributed by atoms with van der Waals surface area (Å²) in [5, 5.41) is 36.4. The van der Waals surface area contributed by atoms with Crippen LogP contribution in [0.25, 0.3) is 0 Å². The fourth-order valence-corrected chi connectivity index (χ4v) is 1.28. The first-order valence-electron chi connectivity index (χ1n) is 5.43. The summed E-state index contributed by atoms with van der Waals surface area (Å²) in [6.07, 6.45) is -4.51. The van der Waals surface area contributed by atoms with Gasteiger partial charge in [0.25, 0.3) is 0 Å². The Morgan fingerprint density at radius 2 is 1.72 bits per heavy atom. The number of carbonyl (C=O) groups is 1. The Balaban J connectivity index is 2.43. The normalized spacial score (nSPS) is 15.8. The van der Waals surface area contributed by atoms with Crippen LogP contribution >= 0.6 is 0 Å². The van der Waals surface area contributed by atoms with Crippen LogP contribution in [0, 0.1) is 0 Å². The van der Waals surface area contributed by atoms with E-state index >= 15 is 0 Å². The lowest BCUT2D eigenvalue weighted by molar-refractivity contribution is -0.0925. The van der Waals surface area contributed by atoms with Gasteiger partial charge in [-0.15, -0.1) is 0 Å². The van der Waals surface area contributed by atoms with Gasteiger partial charge in [-0.25, -0.2) is 4.79 Å². The van der Waals surface area contributed by atoms with Crippen LogP contribution < -0.4 is 0 Å². The molecule has 6 nitrogen and oxygen atoms in total. The summed E-state index contributed by atoms with van der Waals surface area (Å²) in [5.74, 6) is -0.639. The van der Waals surface area contributed by atoms with Crippen LogP contribution in [-0.2, 0) is 4.74 Å². The van der Waals surface area contributed by atoms with Crippen LogP contribution in [0.3, 0.4) is 0 Å². The first-order chi connectivity index (χ1) is 8.56. The summed E-state index contributed by atoms with van der Waals surface area (Å²) in [4.78, 5) is 11.5. The highest BCUT2D eigenvalue weighted by Gasteiger charge is 2.25. The van der Waals surface area contributed by atoms with Crippen molar-refractivity contribution in [3.63, 3.8) is 0 Å². The zero-order valence-corrected chi connectivity index (χ0v) is 9.64. The Morgan fingerprint density at radius 3 is 2.28 bits per heavy atom. The van der Waals surface area contributed by atoms with E-state index in [0.29, 0.717) is 5.56 Å². The molecule has 100 valence electrons. The molecule has 6 heteroatoms. The van der Waals surface area contributed by atoms with Crippen LogP contribution in [0.5, 0.6) is 0 Å². The van der Waals surface area contributed by atoms with Crippen LogP contribution in [0.15, 0.2) is 30.3 Å². The van der Waals surface area contributed by atoms with E-state index < -0.39 is 37.5 Å². The molecule has 0 heterocycles. The van der Waals surface area contributed by atoms with Gasteiger partial charge in [-0.1, -0.05) is 18.2 Å². The highest BCUT2D eigenvalue weighted by atomic mass is 16.5. The van der Waals surface area contributed by atoms with E-state index in [0.717, 1.165) is 0 Å². The Bertz CT molecular complexity index is 366. The zero-order chi connectivity index (χ0) is 13.5. The second-order valence-corrected chi connectivity index (χ2v) is 3.77. The van der Waals surface area contributed by atoms with E-state index in [1.807, 2.05) is 0 Å². The van der Waals surface area contributed by atoms with Gasteiger partial charge in [0.15, 0.2) is 0 Å². The minimum absolute atomic E-state index is 0.321. The molecule has 0 bridgehead atoms. The smallest absolute Gasteiger partial charge is 0.338 e. The molecule has 0 fully saturated rings. The predicted octanol–water partition coefficient (Wildman–Crippen LogP) is -1.08. The van der Waals surface area contributed by atoms with Crippen molar-refractivity contribution in [2.24, 2.45) is 0 Å². The molecular weight excluding hydrogens is 240 g/mol. The van der Waals surface area contributed by atoms with Crippen molar-refractivity contribution in [1.29, 1.82) is 0 Å². The molecule has 0 aromatic heterocycles. The molecule has 1 aromatic carbocycles. The molecule has 0 saturated carbocycles. The maximum atomic E-state index is 11.5. The van der Waals surface area contributed by atoms with Crippen LogP contribution in [0.1, 0.15) is 10.4 Å². The van der Waals surface area contributed by atoms with Crippen molar-refractivity contribution in [2.45, 2.75) is 18.3 Å². The zero-order valence-electron chi connectivity index (χ0n) is 9.64. The molecule has 1 aromatic rings. The third kappa shape index (κ3) is 4.08. The summed E-state index contributed by atoms with van der Waals surface area (Å²) in [5.41, 5.74) is 0.321. The molecule has 0 radical (unpaired) electrons. The van der Waals surface area contributed by atoms with Gasteiger partial charge in [0.05, 0.1) is 12.2 Å².